The molecule has 0 aliphatic carbocycles. The Morgan fingerprint density at radius 2 is 2.10 bits per heavy atom. The van der Waals surface area contributed by atoms with Crippen molar-refractivity contribution < 1.29 is 9.72 Å². The minimum absolute atomic E-state index is 0.0289. The number of pyridine rings is 1. The van der Waals surface area contributed by atoms with Crippen LogP contribution >= 0.6 is 34.2 Å². The van der Waals surface area contributed by atoms with Crippen LogP contribution in [0.2, 0.25) is 5.02 Å². The Hall–Kier alpha value is -1.74. The zero-order valence-corrected chi connectivity index (χ0v) is 12.8. The van der Waals surface area contributed by atoms with E-state index < -0.39 is 10.8 Å². The van der Waals surface area contributed by atoms with Gasteiger partial charge in [0.1, 0.15) is 10.8 Å². The van der Waals surface area contributed by atoms with Crippen LogP contribution in [-0.4, -0.2) is 15.8 Å². The van der Waals surface area contributed by atoms with Crippen LogP contribution < -0.4 is 5.32 Å². The van der Waals surface area contributed by atoms with Crippen LogP contribution in [0.3, 0.4) is 0 Å². The molecule has 0 saturated carbocycles. The highest BCUT2D eigenvalue weighted by molar-refractivity contribution is 14.1. The molecule has 0 aliphatic rings. The molecule has 102 valence electrons. The summed E-state index contributed by atoms with van der Waals surface area (Å²) in [6.07, 6.45) is 1.59. The van der Waals surface area contributed by atoms with Crippen molar-refractivity contribution in [2.24, 2.45) is 0 Å². The lowest BCUT2D eigenvalue weighted by Gasteiger charge is -2.06. The third kappa shape index (κ3) is 3.23. The SMILES string of the molecule is O=C(Nc1ccc(I)cn1)c1cccc([N+](=O)[O-])c1Cl. The van der Waals surface area contributed by atoms with Gasteiger partial charge >= 0.3 is 0 Å². The van der Waals surface area contributed by atoms with Gasteiger partial charge in [0.05, 0.1) is 10.5 Å². The zero-order valence-electron chi connectivity index (χ0n) is 9.84. The summed E-state index contributed by atoms with van der Waals surface area (Å²) < 4.78 is 0.925. The number of carbonyl (C=O) groups is 1. The maximum Gasteiger partial charge on any atom is 0.288 e. The highest BCUT2D eigenvalue weighted by Gasteiger charge is 2.20. The van der Waals surface area contributed by atoms with Crippen LogP contribution in [0.4, 0.5) is 11.5 Å². The second-order valence-electron chi connectivity index (χ2n) is 3.71. The molecular formula is C12H7ClIN3O3. The molecule has 2 rings (SSSR count). The molecule has 0 atom stereocenters. The predicted octanol–water partition coefficient (Wildman–Crippen LogP) is 3.50. The highest BCUT2D eigenvalue weighted by Crippen LogP contribution is 2.28. The standard InChI is InChI=1S/C12H7ClIN3O3/c13-11-8(2-1-3-9(11)17(19)20)12(18)16-10-5-4-7(14)6-15-10/h1-6H,(H,15,16,18). The van der Waals surface area contributed by atoms with Crippen molar-refractivity contribution in [2.45, 2.75) is 0 Å². The Morgan fingerprint density at radius 1 is 1.35 bits per heavy atom. The Balaban J connectivity index is 2.28. The van der Waals surface area contributed by atoms with E-state index in [0.717, 1.165) is 3.57 Å². The molecular weight excluding hydrogens is 397 g/mol. The first kappa shape index (κ1) is 14.7. The molecule has 0 bridgehead atoms. The lowest BCUT2D eigenvalue weighted by Crippen LogP contribution is -2.14. The predicted molar refractivity (Wildman–Crippen MR) is 83.0 cm³/mol. The summed E-state index contributed by atoms with van der Waals surface area (Å²) in [5.41, 5.74) is -0.281. The summed E-state index contributed by atoms with van der Waals surface area (Å²) in [5, 5.41) is 13.1. The zero-order chi connectivity index (χ0) is 14.7. The smallest absolute Gasteiger partial charge is 0.288 e. The minimum atomic E-state index is -0.637. The summed E-state index contributed by atoms with van der Waals surface area (Å²) in [5.74, 6) is -0.203. The van der Waals surface area contributed by atoms with Crippen LogP contribution in [-0.2, 0) is 0 Å². The van der Waals surface area contributed by atoms with Gasteiger partial charge in [-0.1, -0.05) is 17.7 Å². The number of halogens is 2. The Kier molecular flexibility index (Phi) is 4.50. The molecule has 1 N–H and O–H groups in total. The summed E-state index contributed by atoms with van der Waals surface area (Å²) in [6.45, 7) is 0. The maximum absolute atomic E-state index is 12.0. The number of anilines is 1. The number of carbonyl (C=O) groups excluding carboxylic acids is 1. The quantitative estimate of drug-likeness (QED) is 0.483. The third-order valence-corrected chi connectivity index (χ3v) is 3.42. The molecule has 1 heterocycles. The molecule has 6 nitrogen and oxygen atoms in total. The van der Waals surface area contributed by atoms with E-state index in [0.29, 0.717) is 5.82 Å². The van der Waals surface area contributed by atoms with Crippen molar-refractivity contribution in [1.29, 1.82) is 0 Å². The first-order valence-corrected chi connectivity index (χ1v) is 6.80. The Bertz CT molecular complexity index is 676. The molecule has 0 unspecified atom stereocenters. The van der Waals surface area contributed by atoms with E-state index in [2.05, 4.69) is 32.9 Å². The van der Waals surface area contributed by atoms with E-state index in [-0.39, 0.29) is 16.3 Å². The van der Waals surface area contributed by atoms with Crippen molar-refractivity contribution in [3.05, 3.63) is 60.8 Å². The van der Waals surface area contributed by atoms with Crippen LogP contribution in [0.5, 0.6) is 0 Å². The number of nitro groups is 1. The van der Waals surface area contributed by atoms with Gasteiger partial charge in [0.15, 0.2) is 0 Å². The monoisotopic (exact) mass is 403 g/mol. The maximum atomic E-state index is 12.0. The van der Waals surface area contributed by atoms with Crippen LogP contribution in [0.1, 0.15) is 10.4 Å². The molecule has 2 aromatic rings. The lowest BCUT2D eigenvalue weighted by atomic mass is 10.2. The van der Waals surface area contributed by atoms with Gasteiger partial charge in [0, 0.05) is 15.8 Å². The van der Waals surface area contributed by atoms with E-state index in [1.54, 1.807) is 18.3 Å². The summed E-state index contributed by atoms with van der Waals surface area (Å²) in [6, 6.07) is 7.46. The minimum Gasteiger partial charge on any atom is -0.307 e. The van der Waals surface area contributed by atoms with Gasteiger partial charge < -0.3 is 5.32 Å². The van der Waals surface area contributed by atoms with Gasteiger partial charge in [-0.2, -0.15) is 0 Å². The largest absolute Gasteiger partial charge is 0.307 e. The number of nitro benzene ring substituents is 1. The average Bonchev–Trinajstić information content (AvgIpc) is 2.41. The summed E-state index contributed by atoms with van der Waals surface area (Å²) >= 11 is 7.95. The van der Waals surface area contributed by atoms with E-state index >= 15 is 0 Å². The van der Waals surface area contributed by atoms with Crippen molar-refractivity contribution in [3.63, 3.8) is 0 Å². The molecule has 8 heteroatoms. The molecule has 0 spiro atoms. The number of nitrogens with one attached hydrogen (secondary N) is 1. The van der Waals surface area contributed by atoms with E-state index in [9.17, 15) is 14.9 Å². The molecule has 1 aromatic carbocycles. The topological polar surface area (TPSA) is 85.1 Å². The third-order valence-electron chi connectivity index (χ3n) is 2.39. The number of amides is 1. The molecule has 0 radical (unpaired) electrons. The van der Waals surface area contributed by atoms with Gasteiger partial charge in [-0.3, -0.25) is 14.9 Å². The fourth-order valence-corrected chi connectivity index (χ4v) is 2.07. The molecule has 0 saturated heterocycles. The fraction of sp³-hybridized carbons (Fsp3) is 0. The van der Waals surface area contributed by atoms with E-state index in [1.807, 2.05) is 0 Å². The fourth-order valence-electron chi connectivity index (χ4n) is 1.47. The Labute approximate surface area is 132 Å². The molecule has 20 heavy (non-hydrogen) atoms. The van der Waals surface area contributed by atoms with Crippen LogP contribution in [0.15, 0.2) is 36.5 Å². The number of rotatable bonds is 3. The number of aromatic nitrogens is 1. The van der Waals surface area contributed by atoms with Crippen molar-refractivity contribution in [3.8, 4) is 0 Å². The second-order valence-corrected chi connectivity index (χ2v) is 5.34. The number of benzene rings is 1. The Morgan fingerprint density at radius 3 is 2.70 bits per heavy atom. The number of hydrogen-bond acceptors (Lipinski definition) is 4. The normalized spacial score (nSPS) is 10.1. The van der Waals surface area contributed by atoms with E-state index in [4.69, 9.17) is 11.6 Å². The highest BCUT2D eigenvalue weighted by atomic mass is 127. The molecule has 0 fully saturated rings. The van der Waals surface area contributed by atoms with Gasteiger partial charge in [-0.25, -0.2) is 4.98 Å². The molecule has 1 aromatic heterocycles. The average molecular weight is 404 g/mol. The van der Waals surface area contributed by atoms with Crippen LogP contribution in [0.25, 0.3) is 0 Å². The number of hydrogen-bond donors (Lipinski definition) is 1. The van der Waals surface area contributed by atoms with Gasteiger partial charge in [-0.15, -0.1) is 0 Å². The van der Waals surface area contributed by atoms with Crippen LogP contribution in [0, 0.1) is 13.7 Å². The summed E-state index contributed by atoms with van der Waals surface area (Å²) in [7, 11) is 0. The number of nitrogens with zero attached hydrogens (tertiary/aromatic N) is 2. The first-order chi connectivity index (χ1) is 9.49. The second kappa shape index (κ2) is 6.14. The van der Waals surface area contributed by atoms with Crippen molar-refractivity contribution in [1.82, 2.24) is 4.98 Å². The van der Waals surface area contributed by atoms with E-state index in [1.165, 1.54) is 18.2 Å². The summed E-state index contributed by atoms with van der Waals surface area (Å²) in [4.78, 5) is 26.2. The first-order valence-electron chi connectivity index (χ1n) is 5.35. The van der Waals surface area contributed by atoms with Crippen molar-refractivity contribution >= 4 is 51.6 Å². The van der Waals surface area contributed by atoms with Gasteiger partial charge in [0.2, 0.25) is 0 Å². The molecule has 0 aliphatic heterocycles. The van der Waals surface area contributed by atoms with Gasteiger partial charge in [0.25, 0.3) is 11.6 Å². The van der Waals surface area contributed by atoms with Gasteiger partial charge in [-0.05, 0) is 40.8 Å². The lowest BCUT2D eigenvalue weighted by molar-refractivity contribution is -0.384. The molecule has 1 amide bonds. The van der Waals surface area contributed by atoms with Crippen molar-refractivity contribution in [2.75, 3.05) is 5.32 Å².